The summed E-state index contributed by atoms with van der Waals surface area (Å²) in [6, 6.07) is 0. The molecule has 2 N–H and O–H groups in total. The van der Waals surface area contributed by atoms with E-state index < -0.39 is 5.54 Å². The lowest BCUT2D eigenvalue weighted by Crippen LogP contribution is -2.38. The normalized spacial score (nSPS) is 33.7. The molecule has 1 unspecified atom stereocenters. The average molecular weight is 155 g/mol. The minimum absolute atomic E-state index is 0.0995. The second kappa shape index (κ2) is 2.29. The second-order valence-electron chi connectivity index (χ2n) is 3.58. The molecule has 0 aromatic carbocycles. The maximum atomic E-state index is 11.5. The number of rotatable bonds is 2. The quantitative estimate of drug-likeness (QED) is 0.614. The largest absolute Gasteiger partial charge is 0.381 e. The van der Waals surface area contributed by atoms with Crippen LogP contribution in [0.1, 0.15) is 19.3 Å². The lowest BCUT2D eigenvalue weighted by atomic mass is 9.96. The van der Waals surface area contributed by atoms with Crippen LogP contribution in [0.25, 0.3) is 0 Å². The van der Waals surface area contributed by atoms with E-state index in [0.717, 1.165) is 25.9 Å². The van der Waals surface area contributed by atoms with E-state index in [1.54, 1.807) is 0 Å². The minimum Gasteiger partial charge on any atom is -0.381 e. The van der Waals surface area contributed by atoms with Crippen molar-refractivity contribution in [2.45, 2.75) is 24.8 Å². The average Bonchev–Trinajstić information content (AvgIpc) is 2.54. The summed E-state index contributed by atoms with van der Waals surface area (Å²) < 4.78 is 5.12. The SMILES string of the molecule is NC1(C(=O)C2CCOC2)CC1. The molecule has 3 heteroatoms. The van der Waals surface area contributed by atoms with Crippen molar-refractivity contribution in [3.8, 4) is 0 Å². The first-order chi connectivity index (χ1) is 5.22. The molecule has 11 heavy (non-hydrogen) atoms. The van der Waals surface area contributed by atoms with Gasteiger partial charge in [-0.05, 0) is 19.3 Å². The van der Waals surface area contributed by atoms with Gasteiger partial charge in [-0.15, -0.1) is 0 Å². The molecule has 62 valence electrons. The minimum atomic E-state index is -0.446. The summed E-state index contributed by atoms with van der Waals surface area (Å²) in [6.45, 7) is 1.32. The van der Waals surface area contributed by atoms with Gasteiger partial charge in [0.1, 0.15) is 0 Å². The van der Waals surface area contributed by atoms with Crippen LogP contribution in [0.4, 0.5) is 0 Å². The van der Waals surface area contributed by atoms with Crippen LogP contribution in [0.2, 0.25) is 0 Å². The fraction of sp³-hybridized carbons (Fsp3) is 0.875. The molecule has 0 radical (unpaired) electrons. The molecule has 1 atom stereocenters. The van der Waals surface area contributed by atoms with Gasteiger partial charge in [-0.2, -0.15) is 0 Å². The van der Waals surface area contributed by atoms with Gasteiger partial charge in [0.25, 0.3) is 0 Å². The van der Waals surface area contributed by atoms with Crippen molar-refractivity contribution in [2.24, 2.45) is 11.7 Å². The molecule has 1 saturated heterocycles. The summed E-state index contributed by atoms with van der Waals surface area (Å²) in [7, 11) is 0. The summed E-state index contributed by atoms with van der Waals surface area (Å²) in [5.74, 6) is 0.331. The molecule has 2 rings (SSSR count). The highest BCUT2D eigenvalue weighted by Crippen LogP contribution is 2.37. The Morgan fingerprint density at radius 2 is 2.27 bits per heavy atom. The van der Waals surface area contributed by atoms with Crippen molar-refractivity contribution in [1.29, 1.82) is 0 Å². The number of hydrogen-bond donors (Lipinski definition) is 1. The monoisotopic (exact) mass is 155 g/mol. The van der Waals surface area contributed by atoms with Crippen molar-refractivity contribution in [3.63, 3.8) is 0 Å². The fourth-order valence-electron chi connectivity index (χ4n) is 1.53. The summed E-state index contributed by atoms with van der Waals surface area (Å²) >= 11 is 0. The lowest BCUT2D eigenvalue weighted by Gasteiger charge is -2.11. The van der Waals surface area contributed by atoms with Crippen LogP contribution in [0.5, 0.6) is 0 Å². The first-order valence-electron chi connectivity index (χ1n) is 4.13. The van der Waals surface area contributed by atoms with Crippen LogP contribution in [0, 0.1) is 5.92 Å². The van der Waals surface area contributed by atoms with Gasteiger partial charge in [0, 0.05) is 12.5 Å². The third kappa shape index (κ3) is 1.19. The van der Waals surface area contributed by atoms with Crippen LogP contribution in [0.3, 0.4) is 0 Å². The van der Waals surface area contributed by atoms with Crippen molar-refractivity contribution in [2.75, 3.05) is 13.2 Å². The molecular weight excluding hydrogens is 142 g/mol. The van der Waals surface area contributed by atoms with Crippen LogP contribution in [-0.4, -0.2) is 24.5 Å². The Bertz CT molecular complexity index is 181. The van der Waals surface area contributed by atoms with E-state index >= 15 is 0 Å². The zero-order chi connectivity index (χ0) is 7.90. The number of ether oxygens (including phenoxy) is 1. The third-order valence-corrected chi connectivity index (χ3v) is 2.58. The summed E-state index contributed by atoms with van der Waals surface area (Å²) in [6.07, 6.45) is 2.63. The maximum absolute atomic E-state index is 11.5. The number of ketones is 1. The number of hydrogen-bond acceptors (Lipinski definition) is 3. The van der Waals surface area contributed by atoms with Crippen LogP contribution < -0.4 is 5.73 Å². The summed E-state index contributed by atoms with van der Waals surface area (Å²) in [5.41, 5.74) is 5.32. The zero-order valence-corrected chi connectivity index (χ0v) is 6.51. The Labute approximate surface area is 65.9 Å². The summed E-state index contributed by atoms with van der Waals surface area (Å²) in [5, 5.41) is 0. The molecule has 3 nitrogen and oxygen atoms in total. The van der Waals surface area contributed by atoms with E-state index in [4.69, 9.17) is 10.5 Å². The highest BCUT2D eigenvalue weighted by atomic mass is 16.5. The Morgan fingerprint density at radius 1 is 1.55 bits per heavy atom. The van der Waals surface area contributed by atoms with E-state index in [9.17, 15) is 4.79 Å². The van der Waals surface area contributed by atoms with Gasteiger partial charge >= 0.3 is 0 Å². The van der Waals surface area contributed by atoms with Gasteiger partial charge in [0.15, 0.2) is 5.78 Å². The standard InChI is InChI=1S/C8H13NO2/c9-8(2-3-8)7(10)6-1-4-11-5-6/h6H,1-5,9H2. The van der Waals surface area contributed by atoms with Crippen LogP contribution in [0.15, 0.2) is 0 Å². The fourth-order valence-corrected chi connectivity index (χ4v) is 1.53. The Balaban J connectivity index is 1.98. The first kappa shape index (κ1) is 7.25. The van der Waals surface area contributed by atoms with E-state index in [-0.39, 0.29) is 11.7 Å². The molecule has 1 aliphatic carbocycles. The van der Waals surface area contributed by atoms with Gasteiger partial charge in [0.2, 0.25) is 0 Å². The predicted octanol–water partition coefficient (Wildman–Crippen LogP) is 0.0833. The van der Waals surface area contributed by atoms with Gasteiger partial charge in [-0.25, -0.2) is 0 Å². The Hall–Kier alpha value is -0.410. The molecular formula is C8H13NO2. The molecule has 1 heterocycles. The molecule has 2 fully saturated rings. The van der Waals surface area contributed by atoms with Crippen molar-refractivity contribution in [1.82, 2.24) is 0 Å². The van der Waals surface area contributed by atoms with Crippen LogP contribution in [-0.2, 0) is 9.53 Å². The molecule has 0 aromatic rings. The number of Topliss-reactive ketones (excluding diaryl/α,β-unsaturated/α-hetero) is 1. The van der Waals surface area contributed by atoms with Gasteiger partial charge in [-0.1, -0.05) is 0 Å². The third-order valence-electron chi connectivity index (χ3n) is 2.58. The number of carbonyl (C=O) groups is 1. The maximum Gasteiger partial charge on any atom is 0.158 e. The molecule has 1 aliphatic heterocycles. The van der Waals surface area contributed by atoms with E-state index in [1.165, 1.54) is 0 Å². The molecule has 0 aromatic heterocycles. The molecule has 0 bridgehead atoms. The molecule has 0 amide bonds. The van der Waals surface area contributed by atoms with Crippen molar-refractivity contribution in [3.05, 3.63) is 0 Å². The number of carbonyl (C=O) groups excluding carboxylic acids is 1. The first-order valence-corrected chi connectivity index (χ1v) is 4.13. The van der Waals surface area contributed by atoms with Gasteiger partial charge in [-0.3, -0.25) is 4.79 Å². The second-order valence-corrected chi connectivity index (χ2v) is 3.58. The number of nitrogens with two attached hydrogens (primary N) is 1. The lowest BCUT2D eigenvalue weighted by molar-refractivity contribution is -0.125. The highest BCUT2D eigenvalue weighted by molar-refractivity contribution is 5.93. The highest BCUT2D eigenvalue weighted by Gasteiger charge is 2.48. The van der Waals surface area contributed by atoms with Gasteiger partial charge < -0.3 is 10.5 Å². The molecule has 1 saturated carbocycles. The van der Waals surface area contributed by atoms with Crippen LogP contribution >= 0.6 is 0 Å². The molecule has 2 aliphatic rings. The Morgan fingerprint density at radius 3 is 2.73 bits per heavy atom. The van der Waals surface area contributed by atoms with E-state index in [1.807, 2.05) is 0 Å². The van der Waals surface area contributed by atoms with Crippen molar-refractivity contribution >= 4 is 5.78 Å². The summed E-state index contributed by atoms with van der Waals surface area (Å²) in [4.78, 5) is 11.5. The topological polar surface area (TPSA) is 52.3 Å². The van der Waals surface area contributed by atoms with E-state index in [0.29, 0.717) is 6.61 Å². The van der Waals surface area contributed by atoms with E-state index in [2.05, 4.69) is 0 Å². The van der Waals surface area contributed by atoms with Gasteiger partial charge in [0.05, 0.1) is 12.1 Å². The zero-order valence-electron chi connectivity index (χ0n) is 6.51. The predicted molar refractivity (Wildman–Crippen MR) is 40.1 cm³/mol. The smallest absolute Gasteiger partial charge is 0.158 e. The van der Waals surface area contributed by atoms with Crippen molar-refractivity contribution < 1.29 is 9.53 Å². The molecule has 0 spiro atoms. The Kier molecular flexibility index (Phi) is 1.51.